The number of hydrogen-bond donors (Lipinski definition) is 1. The van der Waals surface area contributed by atoms with Crippen molar-refractivity contribution in [3.63, 3.8) is 0 Å². The van der Waals surface area contributed by atoms with Gasteiger partial charge in [-0.25, -0.2) is 4.98 Å². The minimum atomic E-state index is -0.159. The van der Waals surface area contributed by atoms with Gasteiger partial charge in [-0.05, 0) is 6.92 Å². The number of aryl methyl sites for hydroxylation is 2. The van der Waals surface area contributed by atoms with Gasteiger partial charge in [-0.1, -0.05) is 0 Å². The van der Waals surface area contributed by atoms with Gasteiger partial charge in [0.1, 0.15) is 0 Å². The Balaban J connectivity index is 2.28. The van der Waals surface area contributed by atoms with Gasteiger partial charge in [-0.15, -0.1) is 11.3 Å². The standard InChI is InChI=1S/C9H12N4S/c1-6-12-8(5-14-6)9(10)7-3-11-13(2)4-7/h3-5,9H,10H2,1-2H3. The molecule has 2 N–H and O–H groups in total. The molecule has 0 spiro atoms. The van der Waals surface area contributed by atoms with Gasteiger partial charge in [0, 0.05) is 24.2 Å². The molecule has 0 bridgehead atoms. The van der Waals surface area contributed by atoms with Crippen LogP contribution in [0.25, 0.3) is 0 Å². The molecular weight excluding hydrogens is 196 g/mol. The molecule has 0 aromatic carbocycles. The van der Waals surface area contributed by atoms with Crippen LogP contribution in [0.1, 0.15) is 22.3 Å². The van der Waals surface area contributed by atoms with Crippen LogP contribution in [0.2, 0.25) is 0 Å². The van der Waals surface area contributed by atoms with Crippen LogP contribution in [0.3, 0.4) is 0 Å². The summed E-state index contributed by atoms with van der Waals surface area (Å²) >= 11 is 1.62. The van der Waals surface area contributed by atoms with Gasteiger partial charge in [-0.2, -0.15) is 5.10 Å². The van der Waals surface area contributed by atoms with Crippen LogP contribution in [-0.2, 0) is 7.05 Å². The molecule has 0 fully saturated rings. The molecule has 1 unspecified atom stereocenters. The maximum atomic E-state index is 6.03. The van der Waals surface area contributed by atoms with E-state index in [0.717, 1.165) is 16.3 Å². The molecule has 5 heteroatoms. The Morgan fingerprint density at radius 3 is 2.86 bits per heavy atom. The normalized spacial score (nSPS) is 13.1. The minimum Gasteiger partial charge on any atom is -0.319 e. The SMILES string of the molecule is Cc1nc(C(N)c2cnn(C)c2)cs1. The van der Waals surface area contributed by atoms with Crippen molar-refractivity contribution in [3.05, 3.63) is 34.0 Å². The van der Waals surface area contributed by atoms with Crippen LogP contribution in [0, 0.1) is 6.92 Å². The Labute approximate surface area is 86.4 Å². The van der Waals surface area contributed by atoms with E-state index in [1.807, 2.05) is 25.5 Å². The van der Waals surface area contributed by atoms with Crippen LogP contribution >= 0.6 is 11.3 Å². The maximum absolute atomic E-state index is 6.03. The number of aromatic nitrogens is 3. The Kier molecular flexibility index (Phi) is 2.35. The second-order valence-corrected chi connectivity index (χ2v) is 4.28. The molecule has 0 aliphatic rings. The second-order valence-electron chi connectivity index (χ2n) is 3.22. The molecule has 2 rings (SSSR count). The Morgan fingerprint density at radius 2 is 2.36 bits per heavy atom. The third-order valence-corrected chi connectivity index (χ3v) is 2.83. The summed E-state index contributed by atoms with van der Waals surface area (Å²) in [5, 5.41) is 7.12. The molecule has 2 aromatic rings. The molecule has 0 aliphatic carbocycles. The zero-order valence-electron chi connectivity index (χ0n) is 8.14. The topological polar surface area (TPSA) is 56.7 Å². The summed E-state index contributed by atoms with van der Waals surface area (Å²) in [7, 11) is 1.88. The van der Waals surface area contributed by atoms with Crippen molar-refractivity contribution >= 4 is 11.3 Å². The van der Waals surface area contributed by atoms with Crippen molar-refractivity contribution in [2.24, 2.45) is 12.8 Å². The molecule has 0 saturated heterocycles. The van der Waals surface area contributed by atoms with Crippen LogP contribution in [0.4, 0.5) is 0 Å². The third-order valence-electron chi connectivity index (χ3n) is 2.04. The summed E-state index contributed by atoms with van der Waals surface area (Å²) in [6, 6.07) is -0.159. The largest absolute Gasteiger partial charge is 0.319 e. The van der Waals surface area contributed by atoms with E-state index in [1.165, 1.54) is 0 Å². The van der Waals surface area contributed by atoms with E-state index in [1.54, 1.807) is 22.2 Å². The van der Waals surface area contributed by atoms with E-state index in [2.05, 4.69) is 10.1 Å². The van der Waals surface area contributed by atoms with Crippen LogP contribution in [0.15, 0.2) is 17.8 Å². The van der Waals surface area contributed by atoms with Crippen molar-refractivity contribution in [1.29, 1.82) is 0 Å². The fraction of sp³-hybridized carbons (Fsp3) is 0.333. The molecule has 2 heterocycles. The zero-order chi connectivity index (χ0) is 10.1. The van der Waals surface area contributed by atoms with Crippen LogP contribution in [0.5, 0.6) is 0 Å². The van der Waals surface area contributed by atoms with E-state index in [9.17, 15) is 0 Å². The number of nitrogens with two attached hydrogens (primary N) is 1. The van der Waals surface area contributed by atoms with Crippen molar-refractivity contribution < 1.29 is 0 Å². The Hall–Kier alpha value is -1.20. The molecule has 2 aromatic heterocycles. The number of thiazole rings is 1. The summed E-state index contributed by atoms with van der Waals surface area (Å²) < 4.78 is 1.74. The molecule has 4 nitrogen and oxygen atoms in total. The van der Waals surface area contributed by atoms with Crippen molar-refractivity contribution in [3.8, 4) is 0 Å². The van der Waals surface area contributed by atoms with E-state index < -0.39 is 0 Å². The first kappa shape index (κ1) is 9.36. The molecule has 14 heavy (non-hydrogen) atoms. The first-order valence-electron chi connectivity index (χ1n) is 4.33. The number of rotatable bonds is 2. The average Bonchev–Trinajstić information content (AvgIpc) is 2.73. The molecule has 0 amide bonds. The van der Waals surface area contributed by atoms with Crippen LogP contribution in [-0.4, -0.2) is 14.8 Å². The molecule has 0 radical (unpaired) electrons. The molecular formula is C9H12N4S. The fourth-order valence-electron chi connectivity index (χ4n) is 1.29. The first-order chi connectivity index (χ1) is 6.66. The van der Waals surface area contributed by atoms with Gasteiger partial charge < -0.3 is 5.73 Å². The molecule has 0 saturated carbocycles. The Bertz CT molecular complexity index is 391. The van der Waals surface area contributed by atoms with Crippen molar-refractivity contribution in [2.75, 3.05) is 0 Å². The lowest BCUT2D eigenvalue weighted by Crippen LogP contribution is -2.11. The highest BCUT2D eigenvalue weighted by Gasteiger charge is 2.13. The van der Waals surface area contributed by atoms with Crippen LogP contribution < -0.4 is 5.73 Å². The highest BCUT2D eigenvalue weighted by molar-refractivity contribution is 7.09. The van der Waals surface area contributed by atoms with Gasteiger partial charge in [0.2, 0.25) is 0 Å². The smallest absolute Gasteiger partial charge is 0.0898 e. The third kappa shape index (κ3) is 1.69. The lowest BCUT2D eigenvalue weighted by Gasteiger charge is -2.04. The van der Waals surface area contributed by atoms with E-state index in [-0.39, 0.29) is 6.04 Å². The van der Waals surface area contributed by atoms with E-state index >= 15 is 0 Å². The monoisotopic (exact) mass is 208 g/mol. The maximum Gasteiger partial charge on any atom is 0.0898 e. The van der Waals surface area contributed by atoms with Gasteiger partial charge in [-0.3, -0.25) is 4.68 Å². The van der Waals surface area contributed by atoms with Crippen molar-refractivity contribution in [1.82, 2.24) is 14.8 Å². The lowest BCUT2D eigenvalue weighted by atomic mass is 10.1. The summed E-state index contributed by atoms with van der Waals surface area (Å²) in [4.78, 5) is 4.35. The highest BCUT2D eigenvalue weighted by atomic mass is 32.1. The lowest BCUT2D eigenvalue weighted by molar-refractivity contribution is 0.764. The summed E-state index contributed by atoms with van der Waals surface area (Å²) in [6.07, 6.45) is 3.69. The predicted octanol–water partition coefficient (Wildman–Crippen LogP) is 1.23. The fourth-order valence-corrected chi connectivity index (χ4v) is 1.94. The summed E-state index contributed by atoms with van der Waals surface area (Å²) in [6.45, 7) is 1.98. The zero-order valence-corrected chi connectivity index (χ0v) is 8.95. The molecule has 1 atom stereocenters. The summed E-state index contributed by atoms with van der Waals surface area (Å²) in [5.74, 6) is 0. The number of nitrogens with zero attached hydrogens (tertiary/aromatic N) is 3. The van der Waals surface area contributed by atoms with Gasteiger partial charge in [0.15, 0.2) is 0 Å². The van der Waals surface area contributed by atoms with E-state index in [0.29, 0.717) is 0 Å². The van der Waals surface area contributed by atoms with Crippen molar-refractivity contribution in [2.45, 2.75) is 13.0 Å². The predicted molar refractivity (Wildman–Crippen MR) is 56.1 cm³/mol. The average molecular weight is 208 g/mol. The minimum absolute atomic E-state index is 0.159. The van der Waals surface area contributed by atoms with E-state index in [4.69, 9.17) is 5.73 Å². The van der Waals surface area contributed by atoms with Gasteiger partial charge >= 0.3 is 0 Å². The molecule has 0 aliphatic heterocycles. The Morgan fingerprint density at radius 1 is 1.57 bits per heavy atom. The quantitative estimate of drug-likeness (QED) is 0.807. The highest BCUT2D eigenvalue weighted by Crippen LogP contribution is 2.20. The first-order valence-corrected chi connectivity index (χ1v) is 5.21. The van der Waals surface area contributed by atoms with Gasteiger partial charge in [0.25, 0.3) is 0 Å². The second kappa shape index (κ2) is 3.51. The van der Waals surface area contributed by atoms with Gasteiger partial charge in [0.05, 0.1) is 22.9 Å². The number of hydrogen-bond acceptors (Lipinski definition) is 4. The summed E-state index contributed by atoms with van der Waals surface area (Å²) in [5.41, 5.74) is 7.95. The molecule has 74 valence electrons.